The molecule has 4 aromatic rings. The molecule has 3 aromatic carbocycles. The highest BCUT2D eigenvalue weighted by atomic mass is 14.9. The Hall–Kier alpha value is -2.84. The summed E-state index contributed by atoms with van der Waals surface area (Å²) < 4.78 is 2.12. The van der Waals surface area contributed by atoms with Gasteiger partial charge in [0, 0.05) is 31.9 Å². The number of nitrogens with one attached hydrogen (secondary N) is 1. The van der Waals surface area contributed by atoms with Crippen molar-refractivity contribution in [3.05, 3.63) is 108 Å². The first-order chi connectivity index (χ1) is 12.3. The van der Waals surface area contributed by atoms with Gasteiger partial charge in [-0.15, -0.1) is 0 Å². The summed E-state index contributed by atoms with van der Waals surface area (Å²) in [5, 5.41) is 4.73. The number of fused-ring (bicyclic) bond motifs is 1. The van der Waals surface area contributed by atoms with Crippen molar-refractivity contribution in [3.8, 4) is 0 Å². The first-order valence-corrected chi connectivity index (χ1v) is 8.61. The van der Waals surface area contributed by atoms with Gasteiger partial charge in [0.15, 0.2) is 0 Å². The number of hydrogen-bond donors (Lipinski definition) is 1. The number of rotatable bonds is 4. The van der Waals surface area contributed by atoms with Crippen molar-refractivity contribution in [1.29, 1.82) is 0 Å². The molecular formula is C23H24N2. The molecule has 0 amide bonds. The van der Waals surface area contributed by atoms with Crippen LogP contribution in [-0.2, 0) is 20.1 Å². The normalized spacial score (nSPS) is 10.3. The van der Waals surface area contributed by atoms with Crippen molar-refractivity contribution in [3.63, 3.8) is 0 Å². The third-order valence-corrected chi connectivity index (χ3v) is 4.14. The maximum atomic E-state index is 3.42. The molecule has 1 aromatic heterocycles. The number of benzene rings is 3. The molecule has 0 radical (unpaired) electrons. The Balaban J connectivity index is 0.000000157. The Kier molecular flexibility index (Phi) is 6.02. The molecule has 0 aliphatic carbocycles. The van der Waals surface area contributed by atoms with Gasteiger partial charge >= 0.3 is 0 Å². The second kappa shape index (κ2) is 8.86. The van der Waals surface area contributed by atoms with Gasteiger partial charge in [-0.1, -0.05) is 78.9 Å². The molecule has 0 aliphatic heterocycles. The Morgan fingerprint density at radius 3 is 1.72 bits per heavy atom. The van der Waals surface area contributed by atoms with Crippen LogP contribution in [0.15, 0.2) is 97.2 Å². The van der Waals surface area contributed by atoms with Crippen LogP contribution in [-0.4, -0.2) is 4.57 Å². The summed E-state index contributed by atoms with van der Waals surface area (Å²) in [6.45, 7) is 1.85. The standard InChI is InChI=1S/C14H15N.C9H9N/c1-3-7-13(8-4-1)11-15-12-14-9-5-2-6-10-14;1-10-7-6-8-4-2-3-5-9(8)10/h1-10,15H,11-12H2;2-7H,1H3. The molecule has 126 valence electrons. The highest BCUT2D eigenvalue weighted by molar-refractivity contribution is 5.79. The average Bonchev–Trinajstić information content (AvgIpc) is 3.06. The van der Waals surface area contributed by atoms with Crippen LogP contribution in [0.5, 0.6) is 0 Å². The molecule has 2 nitrogen and oxygen atoms in total. The summed E-state index contributed by atoms with van der Waals surface area (Å²) in [4.78, 5) is 0. The number of aryl methyl sites for hydroxylation is 1. The maximum absolute atomic E-state index is 3.42. The second-order valence-corrected chi connectivity index (χ2v) is 6.06. The van der Waals surface area contributed by atoms with E-state index in [0.717, 1.165) is 13.1 Å². The van der Waals surface area contributed by atoms with Crippen molar-refractivity contribution in [2.45, 2.75) is 13.1 Å². The van der Waals surface area contributed by atoms with Gasteiger partial charge in [-0.2, -0.15) is 0 Å². The van der Waals surface area contributed by atoms with E-state index in [1.54, 1.807) is 0 Å². The van der Waals surface area contributed by atoms with E-state index in [-0.39, 0.29) is 0 Å². The zero-order valence-electron chi connectivity index (χ0n) is 14.6. The first kappa shape index (κ1) is 17.0. The van der Waals surface area contributed by atoms with Gasteiger partial charge in [0.05, 0.1) is 0 Å². The number of para-hydroxylation sites is 1. The van der Waals surface area contributed by atoms with Crippen molar-refractivity contribution in [1.82, 2.24) is 9.88 Å². The van der Waals surface area contributed by atoms with Crippen LogP contribution in [0.25, 0.3) is 10.9 Å². The van der Waals surface area contributed by atoms with E-state index in [2.05, 4.69) is 102 Å². The lowest BCUT2D eigenvalue weighted by Crippen LogP contribution is -2.12. The Labute approximate surface area is 149 Å². The van der Waals surface area contributed by atoms with Crippen molar-refractivity contribution in [2.75, 3.05) is 0 Å². The van der Waals surface area contributed by atoms with Crippen LogP contribution in [0.4, 0.5) is 0 Å². The van der Waals surface area contributed by atoms with Crippen LogP contribution in [0.3, 0.4) is 0 Å². The molecule has 0 atom stereocenters. The molecule has 1 heterocycles. The third-order valence-electron chi connectivity index (χ3n) is 4.14. The number of hydrogen-bond acceptors (Lipinski definition) is 1. The molecule has 0 spiro atoms. The fourth-order valence-corrected chi connectivity index (χ4v) is 2.76. The highest BCUT2D eigenvalue weighted by Crippen LogP contribution is 2.12. The molecule has 0 saturated heterocycles. The van der Waals surface area contributed by atoms with Crippen LogP contribution in [0.2, 0.25) is 0 Å². The summed E-state index contributed by atoms with van der Waals surface area (Å²) in [6, 6.07) is 31.4. The number of aromatic nitrogens is 1. The van der Waals surface area contributed by atoms with Gasteiger partial charge in [0.1, 0.15) is 0 Å². The van der Waals surface area contributed by atoms with E-state index < -0.39 is 0 Å². The Morgan fingerprint density at radius 1 is 0.640 bits per heavy atom. The summed E-state index contributed by atoms with van der Waals surface area (Å²) >= 11 is 0. The zero-order valence-corrected chi connectivity index (χ0v) is 14.6. The summed E-state index contributed by atoms with van der Waals surface area (Å²) in [5.74, 6) is 0. The lowest BCUT2D eigenvalue weighted by atomic mass is 10.2. The van der Waals surface area contributed by atoms with E-state index in [1.807, 2.05) is 12.1 Å². The zero-order chi connectivity index (χ0) is 17.3. The van der Waals surface area contributed by atoms with Crippen LogP contribution < -0.4 is 5.32 Å². The lowest BCUT2D eigenvalue weighted by Gasteiger charge is -2.04. The molecule has 0 fully saturated rings. The molecule has 2 heteroatoms. The molecule has 0 bridgehead atoms. The Bertz CT molecular complexity index is 840. The highest BCUT2D eigenvalue weighted by Gasteiger charge is 1.93. The van der Waals surface area contributed by atoms with Gasteiger partial charge in [-0.25, -0.2) is 0 Å². The van der Waals surface area contributed by atoms with Gasteiger partial charge in [0.25, 0.3) is 0 Å². The molecule has 1 N–H and O–H groups in total. The molecule has 0 unspecified atom stereocenters. The third kappa shape index (κ3) is 5.07. The van der Waals surface area contributed by atoms with E-state index in [9.17, 15) is 0 Å². The van der Waals surface area contributed by atoms with Crippen molar-refractivity contribution in [2.24, 2.45) is 7.05 Å². The largest absolute Gasteiger partial charge is 0.351 e. The molecule has 25 heavy (non-hydrogen) atoms. The minimum Gasteiger partial charge on any atom is -0.351 e. The van der Waals surface area contributed by atoms with E-state index in [1.165, 1.54) is 22.0 Å². The smallest absolute Gasteiger partial charge is 0.0477 e. The lowest BCUT2D eigenvalue weighted by molar-refractivity contribution is 0.693. The van der Waals surface area contributed by atoms with Gasteiger partial charge in [0.2, 0.25) is 0 Å². The Morgan fingerprint density at radius 2 is 1.16 bits per heavy atom. The van der Waals surface area contributed by atoms with Crippen LogP contribution >= 0.6 is 0 Å². The number of nitrogens with zero attached hydrogens (tertiary/aromatic N) is 1. The van der Waals surface area contributed by atoms with Crippen LogP contribution in [0, 0.1) is 0 Å². The molecule has 0 aliphatic rings. The monoisotopic (exact) mass is 328 g/mol. The van der Waals surface area contributed by atoms with Gasteiger partial charge < -0.3 is 9.88 Å². The average molecular weight is 328 g/mol. The summed E-state index contributed by atoms with van der Waals surface area (Å²) in [7, 11) is 2.06. The SMILES string of the molecule is Cn1ccc2ccccc21.c1ccc(CNCc2ccccc2)cc1. The minimum atomic E-state index is 0.926. The summed E-state index contributed by atoms with van der Waals surface area (Å²) in [5.41, 5.74) is 3.95. The van der Waals surface area contributed by atoms with Crippen molar-refractivity contribution < 1.29 is 0 Å². The predicted molar refractivity (Wildman–Crippen MR) is 106 cm³/mol. The first-order valence-electron chi connectivity index (χ1n) is 8.61. The fourth-order valence-electron chi connectivity index (χ4n) is 2.76. The molecule has 0 saturated carbocycles. The summed E-state index contributed by atoms with van der Waals surface area (Å²) in [6.07, 6.45) is 2.07. The molecule has 4 rings (SSSR count). The minimum absolute atomic E-state index is 0.926. The van der Waals surface area contributed by atoms with Crippen molar-refractivity contribution >= 4 is 10.9 Å². The van der Waals surface area contributed by atoms with Crippen LogP contribution in [0.1, 0.15) is 11.1 Å². The maximum Gasteiger partial charge on any atom is 0.0477 e. The second-order valence-electron chi connectivity index (χ2n) is 6.06. The van der Waals surface area contributed by atoms with E-state index in [4.69, 9.17) is 0 Å². The quantitative estimate of drug-likeness (QED) is 0.548. The van der Waals surface area contributed by atoms with Gasteiger partial charge in [-0.05, 0) is 28.6 Å². The predicted octanol–water partition coefficient (Wildman–Crippen LogP) is 5.15. The van der Waals surface area contributed by atoms with Gasteiger partial charge in [-0.3, -0.25) is 0 Å². The van der Waals surface area contributed by atoms with E-state index >= 15 is 0 Å². The van der Waals surface area contributed by atoms with E-state index in [0.29, 0.717) is 0 Å². The fraction of sp³-hybridized carbons (Fsp3) is 0.130. The topological polar surface area (TPSA) is 17.0 Å². The molecular weight excluding hydrogens is 304 g/mol.